The van der Waals surface area contributed by atoms with Crippen LogP contribution in [0.1, 0.15) is 24.0 Å². The third-order valence-electron chi connectivity index (χ3n) is 3.14. The van der Waals surface area contributed by atoms with Gasteiger partial charge in [-0.15, -0.1) is 0 Å². The Bertz CT molecular complexity index is 492. The molecule has 0 N–H and O–H groups in total. The molecule has 0 atom stereocenters. The molecule has 0 aromatic heterocycles. The van der Waals surface area contributed by atoms with Crippen LogP contribution < -0.4 is 0 Å². The smallest absolute Gasteiger partial charge is 0.0263 e. The van der Waals surface area contributed by atoms with E-state index in [9.17, 15) is 0 Å². The molecule has 3 rings (SSSR count). The number of fused-ring (bicyclic) bond motifs is 1. The normalized spacial score (nSPS) is 18.0. The number of hydrogen-bond donors (Lipinski definition) is 0. The van der Waals surface area contributed by atoms with Crippen LogP contribution in [0, 0.1) is 6.42 Å². The highest BCUT2D eigenvalue weighted by Crippen LogP contribution is 2.30. The summed E-state index contributed by atoms with van der Waals surface area (Å²) < 4.78 is 0. The molecule has 2 aliphatic rings. The van der Waals surface area contributed by atoms with Crippen molar-refractivity contribution < 1.29 is 0 Å². The number of allylic oxidation sites excluding steroid dienone is 3. The lowest BCUT2D eigenvalue weighted by molar-refractivity contribution is 1.22. The van der Waals surface area contributed by atoms with E-state index in [1.165, 1.54) is 22.4 Å². The Hall–Kier alpha value is -1.63. The fraction of sp³-hybridized carbons (Fsp3) is 0.200. The largest absolute Gasteiger partial charge is 0.265 e. The molecule has 0 saturated heterocycles. The highest BCUT2D eigenvalue weighted by molar-refractivity contribution is 6.01. The molecule has 1 heterocycles. The second-order valence-electron chi connectivity index (χ2n) is 4.21. The van der Waals surface area contributed by atoms with Gasteiger partial charge in [-0.2, -0.15) is 0 Å². The predicted octanol–water partition coefficient (Wildman–Crippen LogP) is 3.58. The first-order valence-corrected chi connectivity index (χ1v) is 5.76. The average Bonchev–Trinajstić information content (AvgIpc) is 2.74. The van der Waals surface area contributed by atoms with E-state index < -0.39 is 0 Å². The molecule has 0 spiro atoms. The van der Waals surface area contributed by atoms with Gasteiger partial charge in [0.05, 0.1) is 0 Å². The van der Waals surface area contributed by atoms with Gasteiger partial charge >= 0.3 is 0 Å². The van der Waals surface area contributed by atoms with Gasteiger partial charge in [0.2, 0.25) is 0 Å². The molecule has 1 aliphatic heterocycles. The lowest BCUT2D eigenvalue weighted by atomic mass is 9.99. The van der Waals surface area contributed by atoms with Crippen LogP contribution in [-0.2, 0) is 6.42 Å². The molecule has 16 heavy (non-hydrogen) atoms. The van der Waals surface area contributed by atoms with Gasteiger partial charge in [-0.05, 0) is 29.5 Å². The first kappa shape index (κ1) is 9.59. The van der Waals surface area contributed by atoms with E-state index >= 15 is 0 Å². The van der Waals surface area contributed by atoms with Gasteiger partial charge in [0, 0.05) is 24.8 Å². The van der Waals surface area contributed by atoms with E-state index in [-0.39, 0.29) is 0 Å². The maximum Gasteiger partial charge on any atom is 0.0263 e. The summed E-state index contributed by atoms with van der Waals surface area (Å²) in [4.78, 5) is 4.41. The first-order valence-electron chi connectivity index (χ1n) is 5.76. The van der Waals surface area contributed by atoms with Gasteiger partial charge in [-0.1, -0.05) is 36.4 Å². The second-order valence-corrected chi connectivity index (χ2v) is 4.21. The van der Waals surface area contributed by atoms with Crippen LogP contribution in [0.4, 0.5) is 0 Å². The molecule has 0 fully saturated rings. The Morgan fingerprint density at radius 2 is 2.12 bits per heavy atom. The van der Waals surface area contributed by atoms with Gasteiger partial charge in [-0.25, -0.2) is 0 Å². The van der Waals surface area contributed by atoms with E-state index in [1.54, 1.807) is 0 Å². The number of nitrogens with zero attached hydrogens (tertiary/aromatic N) is 1. The quantitative estimate of drug-likeness (QED) is 0.704. The van der Waals surface area contributed by atoms with Gasteiger partial charge < -0.3 is 0 Å². The van der Waals surface area contributed by atoms with Gasteiger partial charge in [0.15, 0.2) is 0 Å². The van der Waals surface area contributed by atoms with E-state index in [2.05, 4.69) is 47.8 Å². The zero-order valence-corrected chi connectivity index (χ0v) is 9.19. The summed E-state index contributed by atoms with van der Waals surface area (Å²) in [6.07, 6.45) is 11.6. The van der Waals surface area contributed by atoms with Crippen molar-refractivity contribution in [3.8, 4) is 0 Å². The molecule has 1 aromatic carbocycles. The molecular weight excluding hydrogens is 194 g/mol. The predicted molar refractivity (Wildman–Crippen MR) is 68.2 cm³/mol. The molecule has 1 heteroatoms. The summed E-state index contributed by atoms with van der Waals surface area (Å²) in [5, 5.41) is 0. The minimum atomic E-state index is 0.974. The van der Waals surface area contributed by atoms with Crippen molar-refractivity contribution in [2.45, 2.75) is 19.3 Å². The van der Waals surface area contributed by atoms with E-state index in [0.717, 1.165) is 19.3 Å². The second kappa shape index (κ2) is 4.09. The molecule has 1 aromatic rings. The Morgan fingerprint density at radius 1 is 1.19 bits per heavy atom. The molecule has 1 nitrogen and oxygen atoms in total. The van der Waals surface area contributed by atoms with Crippen molar-refractivity contribution in [1.82, 2.24) is 0 Å². The van der Waals surface area contributed by atoms with Crippen molar-refractivity contribution >= 4 is 11.3 Å². The minimum Gasteiger partial charge on any atom is -0.265 e. The summed E-state index contributed by atoms with van der Waals surface area (Å²) in [5.41, 5.74) is 5.49. The molecule has 79 valence electrons. The van der Waals surface area contributed by atoms with Gasteiger partial charge in [-0.3, -0.25) is 4.99 Å². The maximum absolute atomic E-state index is 4.41. The summed E-state index contributed by atoms with van der Waals surface area (Å²) in [7, 11) is 0. The third kappa shape index (κ3) is 1.73. The molecule has 1 radical (unpaired) electrons. The molecule has 0 amide bonds. The van der Waals surface area contributed by atoms with E-state index in [0.29, 0.717) is 0 Å². The van der Waals surface area contributed by atoms with Crippen molar-refractivity contribution in [2.24, 2.45) is 4.99 Å². The Morgan fingerprint density at radius 3 is 3.00 bits per heavy atom. The lowest BCUT2D eigenvalue weighted by Gasteiger charge is -2.09. The van der Waals surface area contributed by atoms with Gasteiger partial charge in [0.1, 0.15) is 0 Å². The highest BCUT2D eigenvalue weighted by atomic mass is 14.7. The SMILES string of the molecule is [CH]1CC=CN=C1CC1=CCc2ccccc21. The zero-order chi connectivity index (χ0) is 10.8. The van der Waals surface area contributed by atoms with Crippen molar-refractivity contribution in [3.63, 3.8) is 0 Å². The van der Waals surface area contributed by atoms with Crippen LogP contribution in [0.3, 0.4) is 0 Å². The number of benzene rings is 1. The molecule has 1 aliphatic carbocycles. The molecule has 0 saturated carbocycles. The minimum absolute atomic E-state index is 0.974. The number of rotatable bonds is 2. The van der Waals surface area contributed by atoms with E-state index in [1.807, 2.05) is 6.20 Å². The first-order chi connectivity index (χ1) is 7.93. The van der Waals surface area contributed by atoms with Crippen LogP contribution in [0.5, 0.6) is 0 Å². The third-order valence-corrected chi connectivity index (χ3v) is 3.14. The van der Waals surface area contributed by atoms with E-state index in [4.69, 9.17) is 0 Å². The number of aliphatic imine (C=N–C) groups is 1. The molecule has 0 unspecified atom stereocenters. The molecule has 0 bridgehead atoms. The number of hydrogen-bond acceptors (Lipinski definition) is 1. The summed E-state index contributed by atoms with van der Waals surface area (Å²) in [6.45, 7) is 0. The topological polar surface area (TPSA) is 12.4 Å². The Balaban J connectivity index is 1.83. The van der Waals surface area contributed by atoms with Crippen LogP contribution in [-0.4, -0.2) is 5.71 Å². The van der Waals surface area contributed by atoms with Crippen LogP contribution >= 0.6 is 0 Å². The fourth-order valence-corrected chi connectivity index (χ4v) is 2.30. The summed E-state index contributed by atoms with van der Waals surface area (Å²) >= 11 is 0. The maximum atomic E-state index is 4.41. The van der Waals surface area contributed by atoms with Crippen molar-refractivity contribution in [3.05, 3.63) is 60.2 Å². The molecular formula is C15H14N. The Kier molecular flexibility index (Phi) is 2.45. The highest BCUT2D eigenvalue weighted by Gasteiger charge is 2.15. The van der Waals surface area contributed by atoms with Crippen LogP contribution in [0.25, 0.3) is 5.57 Å². The van der Waals surface area contributed by atoms with Crippen molar-refractivity contribution in [2.75, 3.05) is 0 Å². The van der Waals surface area contributed by atoms with Crippen LogP contribution in [0.15, 0.2) is 47.6 Å². The monoisotopic (exact) mass is 208 g/mol. The summed E-state index contributed by atoms with van der Waals surface area (Å²) in [5.74, 6) is 0. The summed E-state index contributed by atoms with van der Waals surface area (Å²) in [6, 6.07) is 8.66. The zero-order valence-electron chi connectivity index (χ0n) is 9.19. The van der Waals surface area contributed by atoms with Crippen LogP contribution in [0.2, 0.25) is 0 Å². The Labute approximate surface area is 96.2 Å². The standard InChI is InChI=1S/C15H14N/c1-2-7-15-12(5-1)8-9-13(15)11-14-6-3-4-10-16-14/h1-2,4-7,9-10H,3,8,11H2. The van der Waals surface area contributed by atoms with Crippen molar-refractivity contribution in [1.29, 1.82) is 0 Å². The lowest BCUT2D eigenvalue weighted by Crippen LogP contribution is -2.02. The van der Waals surface area contributed by atoms with Gasteiger partial charge in [0.25, 0.3) is 0 Å². The fourth-order valence-electron chi connectivity index (χ4n) is 2.30. The average molecular weight is 208 g/mol.